The van der Waals surface area contributed by atoms with Gasteiger partial charge in [0.25, 0.3) is 0 Å². The molecule has 0 aliphatic carbocycles. The number of rotatable bonds is 1. The molecular formula is C12H12ClN3O3. The van der Waals surface area contributed by atoms with E-state index < -0.39 is 0 Å². The van der Waals surface area contributed by atoms with Gasteiger partial charge in [-0.05, 0) is 0 Å². The van der Waals surface area contributed by atoms with Crippen LogP contribution in [-0.2, 0) is 0 Å². The largest absolute Gasteiger partial charge is 0.506 e. The molecule has 6 nitrogen and oxygen atoms in total. The molecule has 4 N–H and O–H groups in total. The van der Waals surface area contributed by atoms with E-state index in [4.69, 9.17) is 26.8 Å². The van der Waals surface area contributed by atoms with Gasteiger partial charge in [-0.2, -0.15) is 5.10 Å². The van der Waals surface area contributed by atoms with Crippen LogP contribution in [0.2, 0.25) is 5.02 Å². The Morgan fingerprint density at radius 2 is 2.11 bits per heavy atom. The summed E-state index contributed by atoms with van der Waals surface area (Å²) < 4.78 is 11.2. The van der Waals surface area contributed by atoms with Crippen molar-refractivity contribution in [2.75, 3.05) is 18.9 Å². The fourth-order valence-corrected chi connectivity index (χ4v) is 2.17. The second kappa shape index (κ2) is 4.55. The van der Waals surface area contributed by atoms with Gasteiger partial charge in [-0.1, -0.05) is 11.6 Å². The second-order valence-electron chi connectivity index (χ2n) is 4.17. The SMILES string of the molecule is Nc1cc(-c2c(O)c(Cl)cc3c2OCCCO3)[nH]n1. The lowest BCUT2D eigenvalue weighted by Gasteiger charge is -2.14. The lowest BCUT2D eigenvalue weighted by atomic mass is 10.1. The van der Waals surface area contributed by atoms with Gasteiger partial charge in [0.1, 0.15) is 11.6 Å². The molecule has 19 heavy (non-hydrogen) atoms. The van der Waals surface area contributed by atoms with Crippen molar-refractivity contribution in [3.8, 4) is 28.5 Å². The minimum Gasteiger partial charge on any atom is -0.506 e. The van der Waals surface area contributed by atoms with Crippen LogP contribution in [0, 0.1) is 0 Å². The Hall–Kier alpha value is -2.08. The number of fused-ring (bicyclic) bond motifs is 1. The average Bonchev–Trinajstić information content (AvgIpc) is 2.67. The van der Waals surface area contributed by atoms with Gasteiger partial charge in [0.2, 0.25) is 0 Å². The first-order valence-electron chi connectivity index (χ1n) is 5.79. The number of halogens is 1. The number of phenolic OH excluding ortho intramolecular Hbond substituents is 1. The van der Waals surface area contributed by atoms with Crippen LogP contribution < -0.4 is 15.2 Å². The molecule has 1 aliphatic heterocycles. The first kappa shape index (κ1) is 12.0. The number of ether oxygens (including phenoxy) is 2. The summed E-state index contributed by atoms with van der Waals surface area (Å²) in [6.07, 6.45) is 0.762. The Morgan fingerprint density at radius 1 is 1.32 bits per heavy atom. The Bertz CT molecular complexity index is 627. The zero-order chi connectivity index (χ0) is 13.4. The minimum atomic E-state index is -0.0884. The number of anilines is 1. The smallest absolute Gasteiger partial charge is 0.174 e. The van der Waals surface area contributed by atoms with Crippen molar-refractivity contribution in [2.45, 2.75) is 6.42 Å². The van der Waals surface area contributed by atoms with E-state index in [-0.39, 0.29) is 10.8 Å². The summed E-state index contributed by atoms with van der Waals surface area (Å²) in [5.74, 6) is 1.18. The van der Waals surface area contributed by atoms with Crippen molar-refractivity contribution >= 4 is 17.4 Å². The number of aromatic hydroxyl groups is 1. The van der Waals surface area contributed by atoms with Gasteiger partial charge in [-0.15, -0.1) is 0 Å². The number of nitrogens with two attached hydrogens (primary N) is 1. The molecule has 0 radical (unpaired) electrons. The summed E-state index contributed by atoms with van der Waals surface area (Å²) in [5, 5.41) is 16.9. The third-order valence-electron chi connectivity index (χ3n) is 2.83. The van der Waals surface area contributed by atoms with Gasteiger partial charge in [0, 0.05) is 18.6 Å². The van der Waals surface area contributed by atoms with Crippen LogP contribution in [0.4, 0.5) is 5.82 Å². The number of nitrogens with one attached hydrogen (secondary N) is 1. The highest BCUT2D eigenvalue weighted by molar-refractivity contribution is 6.32. The number of aromatic amines is 1. The minimum absolute atomic E-state index is 0.0884. The van der Waals surface area contributed by atoms with E-state index in [1.165, 1.54) is 0 Å². The summed E-state index contributed by atoms with van der Waals surface area (Å²) in [6, 6.07) is 3.14. The second-order valence-corrected chi connectivity index (χ2v) is 4.57. The molecule has 0 spiro atoms. The van der Waals surface area contributed by atoms with E-state index in [0.717, 1.165) is 6.42 Å². The average molecular weight is 282 g/mol. The molecule has 1 aromatic heterocycles. The van der Waals surface area contributed by atoms with Gasteiger partial charge >= 0.3 is 0 Å². The van der Waals surface area contributed by atoms with Crippen LogP contribution in [0.3, 0.4) is 0 Å². The van der Waals surface area contributed by atoms with Crippen LogP contribution >= 0.6 is 11.6 Å². The van der Waals surface area contributed by atoms with Gasteiger partial charge in [-0.3, -0.25) is 5.10 Å². The Labute approximate surface area is 114 Å². The van der Waals surface area contributed by atoms with Crippen molar-refractivity contribution < 1.29 is 14.6 Å². The van der Waals surface area contributed by atoms with Crippen molar-refractivity contribution in [1.82, 2.24) is 10.2 Å². The zero-order valence-corrected chi connectivity index (χ0v) is 10.7. The molecule has 0 saturated heterocycles. The third-order valence-corrected chi connectivity index (χ3v) is 3.12. The summed E-state index contributed by atoms with van der Waals surface area (Å²) in [7, 11) is 0. The first-order chi connectivity index (χ1) is 9.16. The molecule has 2 aromatic rings. The van der Waals surface area contributed by atoms with Gasteiger partial charge in [0.15, 0.2) is 11.5 Å². The first-order valence-corrected chi connectivity index (χ1v) is 6.17. The van der Waals surface area contributed by atoms with Crippen LogP contribution in [0.25, 0.3) is 11.3 Å². The van der Waals surface area contributed by atoms with Crippen molar-refractivity contribution in [1.29, 1.82) is 0 Å². The Kier molecular flexibility index (Phi) is 2.87. The molecule has 0 saturated carbocycles. The zero-order valence-electron chi connectivity index (χ0n) is 9.94. The standard InChI is InChI=1S/C12H12ClN3O3/c13-6-4-8-12(19-3-1-2-18-8)10(11(6)17)7-5-9(14)16-15-7/h4-5,17H,1-3H2,(H3,14,15,16). The maximum absolute atomic E-state index is 10.2. The number of nitrogen functional groups attached to an aromatic ring is 1. The van der Waals surface area contributed by atoms with E-state index in [1.54, 1.807) is 12.1 Å². The quantitative estimate of drug-likeness (QED) is 0.745. The fraction of sp³-hybridized carbons (Fsp3) is 0.250. The maximum atomic E-state index is 10.2. The molecule has 100 valence electrons. The number of hydrogen-bond donors (Lipinski definition) is 3. The molecule has 0 fully saturated rings. The Morgan fingerprint density at radius 3 is 2.84 bits per heavy atom. The topological polar surface area (TPSA) is 93.4 Å². The highest BCUT2D eigenvalue weighted by Gasteiger charge is 2.23. The predicted molar refractivity (Wildman–Crippen MR) is 70.7 cm³/mol. The molecule has 0 bridgehead atoms. The van der Waals surface area contributed by atoms with E-state index >= 15 is 0 Å². The number of phenols is 1. The highest BCUT2D eigenvalue weighted by atomic mass is 35.5. The van der Waals surface area contributed by atoms with Crippen LogP contribution in [0.1, 0.15) is 6.42 Å². The number of nitrogens with zero attached hydrogens (tertiary/aromatic N) is 1. The Balaban J connectivity index is 2.24. The fourth-order valence-electron chi connectivity index (χ4n) is 1.98. The lowest BCUT2D eigenvalue weighted by Crippen LogP contribution is -1.98. The van der Waals surface area contributed by atoms with E-state index in [0.29, 0.717) is 41.8 Å². The van der Waals surface area contributed by atoms with Crippen LogP contribution in [0.15, 0.2) is 12.1 Å². The monoisotopic (exact) mass is 281 g/mol. The van der Waals surface area contributed by atoms with Gasteiger partial charge in [0.05, 0.1) is 29.5 Å². The van der Waals surface area contributed by atoms with Crippen molar-refractivity contribution in [3.05, 3.63) is 17.2 Å². The normalized spacial score (nSPS) is 14.2. The molecule has 1 aliphatic rings. The summed E-state index contributed by atoms with van der Waals surface area (Å²) in [5.41, 5.74) is 6.52. The number of H-pyrrole nitrogens is 1. The molecule has 2 heterocycles. The van der Waals surface area contributed by atoms with E-state index in [2.05, 4.69) is 10.2 Å². The lowest BCUT2D eigenvalue weighted by molar-refractivity contribution is 0.297. The van der Waals surface area contributed by atoms with E-state index in [1.807, 2.05) is 0 Å². The maximum Gasteiger partial charge on any atom is 0.174 e. The van der Waals surface area contributed by atoms with Gasteiger partial charge in [-0.25, -0.2) is 0 Å². The summed E-state index contributed by atoms with van der Waals surface area (Å²) >= 11 is 6.01. The number of hydrogen-bond acceptors (Lipinski definition) is 5. The van der Waals surface area contributed by atoms with E-state index in [9.17, 15) is 5.11 Å². The number of aromatic nitrogens is 2. The summed E-state index contributed by atoms with van der Waals surface area (Å²) in [6.45, 7) is 1.04. The molecule has 0 atom stereocenters. The van der Waals surface area contributed by atoms with Crippen LogP contribution in [0.5, 0.6) is 17.2 Å². The summed E-state index contributed by atoms with van der Waals surface area (Å²) in [4.78, 5) is 0. The molecule has 0 unspecified atom stereocenters. The predicted octanol–water partition coefficient (Wildman–Crippen LogP) is 2.18. The molecule has 7 heteroatoms. The highest BCUT2D eigenvalue weighted by Crippen LogP contribution is 2.48. The molecule has 1 aromatic carbocycles. The molecular weight excluding hydrogens is 270 g/mol. The van der Waals surface area contributed by atoms with Crippen molar-refractivity contribution in [2.24, 2.45) is 0 Å². The van der Waals surface area contributed by atoms with Gasteiger partial charge < -0.3 is 20.3 Å². The van der Waals surface area contributed by atoms with Crippen LogP contribution in [-0.4, -0.2) is 28.5 Å². The molecule has 3 rings (SSSR count). The number of benzene rings is 1. The third kappa shape index (κ3) is 2.04. The van der Waals surface area contributed by atoms with Crippen molar-refractivity contribution in [3.63, 3.8) is 0 Å². The molecule has 0 amide bonds.